The minimum absolute atomic E-state index is 0.181. The molecule has 1 aromatic heterocycles. The first-order valence-electron chi connectivity index (χ1n) is 10.3. The number of piperazine rings is 1. The lowest BCUT2D eigenvalue weighted by atomic mass is 10.2. The van der Waals surface area contributed by atoms with Crippen molar-refractivity contribution in [3.05, 3.63) is 40.9 Å². The molecule has 0 aliphatic carbocycles. The second kappa shape index (κ2) is 9.44. The number of fused-ring (bicyclic) bond motifs is 1. The molecular weight excluding hydrogens is 402 g/mol. The number of amides is 2. The smallest absolute Gasteiger partial charge is 0.413 e. The fourth-order valence-corrected chi connectivity index (χ4v) is 4.87. The van der Waals surface area contributed by atoms with Crippen LogP contribution in [0.4, 0.5) is 15.6 Å². The topological polar surface area (TPSA) is 78.0 Å². The van der Waals surface area contributed by atoms with E-state index in [1.54, 1.807) is 6.92 Å². The molecule has 1 fully saturated rings. The highest BCUT2D eigenvalue weighted by molar-refractivity contribution is 7.15. The minimum atomic E-state index is -0.481. The van der Waals surface area contributed by atoms with Crippen LogP contribution < -0.4 is 10.2 Å². The first-order valence-corrected chi connectivity index (χ1v) is 11.2. The van der Waals surface area contributed by atoms with Gasteiger partial charge in [-0.05, 0) is 19.1 Å². The summed E-state index contributed by atoms with van der Waals surface area (Å²) in [5.41, 5.74) is 2.22. The van der Waals surface area contributed by atoms with Gasteiger partial charge in [0.05, 0.1) is 18.8 Å². The fourth-order valence-electron chi connectivity index (χ4n) is 3.84. The zero-order valence-corrected chi connectivity index (χ0v) is 18.0. The average Bonchev–Trinajstić information content (AvgIpc) is 3.16. The molecule has 2 aliphatic rings. The molecule has 2 aliphatic heterocycles. The van der Waals surface area contributed by atoms with Crippen LogP contribution in [0.2, 0.25) is 0 Å². The number of benzene rings is 1. The van der Waals surface area contributed by atoms with Crippen LogP contribution in [-0.4, -0.2) is 72.7 Å². The number of nitrogens with zero attached hydrogens (tertiary/aromatic N) is 4. The van der Waals surface area contributed by atoms with Gasteiger partial charge in [-0.15, -0.1) is 0 Å². The second-order valence-electron chi connectivity index (χ2n) is 7.40. The molecule has 3 heterocycles. The normalized spacial score (nSPS) is 16.8. The lowest BCUT2D eigenvalue weighted by Crippen LogP contribution is -2.51. The Bertz CT molecular complexity index is 880. The number of para-hydroxylation sites is 1. The second-order valence-corrected chi connectivity index (χ2v) is 8.48. The Kier molecular flexibility index (Phi) is 6.49. The van der Waals surface area contributed by atoms with Gasteiger partial charge >= 0.3 is 6.09 Å². The monoisotopic (exact) mass is 429 g/mol. The third-order valence-corrected chi connectivity index (χ3v) is 6.41. The Morgan fingerprint density at radius 1 is 1.13 bits per heavy atom. The maximum atomic E-state index is 12.8. The molecule has 2 aromatic rings. The number of aromatic nitrogens is 1. The summed E-state index contributed by atoms with van der Waals surface area (Å²) in [4.78, 5) is 36.5. The van der Waals surface area contributed by atoms with Crippen molar-refractivity contribution in [2.24, 2.45) is 0 Å². The van der Waals surface area contributed by atoms with Gasteiger partial charge in [-0.25, -0.2) is 9.78 Å². The molecule has 9 heteroatoms. The number of nitrogens with one attached hydrogen (secondary N) is 1. The highest BCUT2D eigenvalue weighted by Crippen LogP contribution is 2.28. The molecule has 0 atom stereocenters. The summed E-state index contributed by atoms with van der Waals surface area (Å²) in [6.45, 7) is 7.22. The van der Waals surface area contributed by atoms with Crippen molar-refractivity contribution in [1.29, 1.82) is 0 Å². The van der Waals surface area contributed by atoms with E-state index in [9.17, 15) is 9.59 Å². The van der Waals surface area contributed by atoms with Crippen molar-refractivity contribution in [3.8, 4) is 0 Å². The molecule has 1 N–H and O–H groups in total. The fraction of sp³-hybridized carbons (Fsp3) is 0.476. The van der Waals surface area contributed by atoms with Gasteiger partial charge in [0.25, 0.3) is 0 Å². The Labute approximate surface area is 180 Å². The van der Waals surface area contributed by atoms with Crippen LogP contribution in [0.15, 0.2) is 30.3 Å². The van der Waals surface area contributed by atoms with Gasteiger partial charge in [0.2, 0.25) is 5.91 Å². The number of rotatable bonds is 5. The lowest BCUT2D eigenvalue weighted by molar-refractivity contribution is -0.132. The van der Waals surface area contributed by atoms with E-state index in [1.807, 2.05) is 23.1 Å². The molecule has 0 spiro atoms. The van der Waals surface area contributed by atoms with E-state index in [1.165, 1.54) is 17.0 Å². The number of hydrogen-bond donors (Lipinski definition) is 1. The lowest BCUT2D eigenvalue weighted by Gasteiger charge is -2.37. The summed E-state index contributed by atoms with van der Waals surface area (Å²) in [6.07, 6.45) is 0.302. The molecule has 1 aromatic carbocycles. The average molecular weight is 430 g/mol. The number of thiazole rings is 1. The van der Waals surface area contributed by atoms with E-state index in [-0.39, 0.29) is 5.91 Å². The Balaban J connectivity index is 1.27. The number of carbonyl (C=O) groups excluding carboxylic acids is 2. The standard InChI is InChI=1S/C21H27N5O3S/c1-2-29-21(28)23-20-22-17-8-9-24(14-18(17)30-20)15-19(27)26-12-10-25(11-13-26)16-6-4-3-5-7-16/h3-7H,2,8-15H2,1H3,(H,22,23,28). The van der Waals surface area contributed by atoms with Crippen LogP contribution in [0.25, 0.3) is 0 Å². The van der Waals surface area contributed by atoms with Gasteiger partial charge < -0.3 is 14.5 Å². The molecule has 4 rings (SSSR count). The summed E-state index contributed by atoms with van der Waals surface area (Å²) >= 11 is 1.46. The molecule has 2 amide bonds. The number of hydrogen-bond acceptors (Lipinski definition) is 7. The van der Waals surface area contributed by atoms with Crippen molar-refractivity contribution in [1.82, 2.24) is 14.8 Å². The predicted octanol–water partition coefficient (Wildman–Crippen LogP) is 2.42. The Morgan fingerprint density at radius 2 is 1.90 bits per heavy atom. The minimum Gasteiger partial charge on any atom is -0.450 e. The van der Waals surface area contributed by atoms with E-state index in [0.717, 1.165) is 49.7 Å². The van der Waals surface area contributed by atoms with Crippen LogP contribution in [0.1, 0.15) is 17.5 Å². The summed E-state index contributed by atoms with van der Waals surface area (Å²) in [7, 11) is 0. The van der Waals surface area contributed by atoms with E-state index >= 15 is 0 Å². The number of anilines is 2. The molecule has 160 valence electrons. The van der Waals surface area contributed by atoms with E-state index in [2.05, 4.69) is 32.2 Å². The predicted molar refractivity (Wildman–Crippen MR) is 117 cm³/mol. The summed E-state index contributed by atoms with van der Waals surface area (Å²) < 4.78 is 4.91. The first-order chi connectivity index (χ1) is 14.6. The third kappa shape index (κ3) is 4.91. The molecule has 0 bridgehead atoms. The largest absolute Gasteiger partial charge is 0.450 e. The van der Waals surface area contributed by atoms with Crippen molar-refractivity contribution >= 4 is 34.2 Å². The highest BCUT2D eigenvalue weighted by Gasteiger charge is 2.26. The van der Waals surface area contributed by atoms with Gasteiger partial charge in [-0.2, -0.15) is 0 Å². The molecule has 30 heavy (non-hydrogen) atoms. The zero-order valence-electron chi connectivity index (χ0n) is 17.2. The van der Waals surface area contributed by atoms with E-state index < -0.39 is 6.09 Å². The Morgan fingerprint density at radius 3 is 2.63 bits per heavy atom. The van der Waals surface area contributed by atoms with Crippen molar-refractivity contribution < 1.29 is 14.3 Å². The van der Waals surface area contributed by atoms with Crippen molar-refractivity contribution in [2.45, 2.75) is 19.9 Å². The molecule has 0 unspecified atom stereocenters. The molecule has 0 radical (unpaired) electrons. The summed E-state index contributed by atoms with van der Waals surface area (Å²) in [5.74, 6) is 0.181. The van der Waals surface area contributed by atoms with Crippen molar-refractivity contribution in [3.63, 3.8) is 0 Å². The van der Waals surface area contributed by atoms with Crippen LogP contribution in [0.3, 0.4) is 0 Å². The van der Waals surface area contributed by atoms with Crippen LogP contribution in [-0.2, 0) is 22.5 Å². The molecular formula is C21H27N5O3S. The summed E-state index contributed by atoms with van der Waals surface area (Å²) in [6, 6.07) is 10.3. The molecule has 1 saturated heterocycles. The quantitative estimate of drug-likeness (QED) is 0.787. The van der Waals surface area contributed by atoms with E-state index in [0.29, 0.717) is 24.8 Å². The molecule has 8 nitrogen and oxygen atoms in total. The zero-order chi connectivity index (χ0) is 20.9. The maximum Gasteiger partial charge on any atom is 0.413 e. The van der Waals surface area contributed by atoms with E-state index in [4.69, 9.17) is 4.74 Å². The summed E-state index contributed by atoms with van der Waals surface area (Å²) in [5, 5.41) is 3.23. The van der Waals surface area contributed by atoms with Gasteiger partial charge in [-0.1, -0.05) is 29.5 Å². The SMILES string of the molecule is CCOC(=O)Nc1nc2c(s1)CN(CC(=O)N1CCN(c3ccccc3)CC1)CC2. The third-order valence-electron chi connectivity index (χ3n) is 5.41. The highest BCUT2D eigenvalue weighted by atomic mass is 32.1. The van der Waals surface area contributed by atoms with Gasteiger partial charge in [0, 0.05) is 56.3 Å². The van der Waals surface area contributed by atoms with Gasteiger partial charge in [0.1, 0.15) is 0 Å². The van der Waals surface area contributed by atoms with Gasteiger partial charge in [-0.3, -0.25) is 15.0 Å². The van der Waals surface area contributed by atoms with Crippen LogP contribution >= 0.6 is 11.3 Å². The van der Waals surface area contributed by atoms with Gasteiger partial charge in [0.15, 0.2) is 5.13 Å². The van der Waals surface area contributed by atoms with Crippen LogP contribution in [0.5, 0.6) is 0 Å². The maximum absolute atomic E-state index is 12.8. The van der Waals surface area contributed by atoms with Crippen LogP contribution in [0, 0.1) is 0 Å². The van der Waals surface area contributed by atoms with Crippen molar-refractivity contribution in [2.75, 3.05) is 56.1 Å². The number of ether oxygens (including phenoxy) is 1. The Hall–Kier alpha value is -2.65. The molecule has 0 saturated carbocycles. The first kappa shape index (κ1) is 20.6. The number of carbonyl (C=O) groups is 2.